The number of aromatic nitrogens is 2. The fraction of sp³-hybridized carbons (Fsp3) is 0.562. The Bertz CT molecular complexity index is 692. The third-order valence-corrected chi connectivity index (χ3v) is 6.40. The second kappa shape index (κ2) is 5.42. The molecule has 0 atom stereocenters. The Labute approximate surface area is 139 Å². The van der Waals surface area contributed by atoms with Crippen molar-refractivity contribution in [3.05, 3.63) is 32.2 Å². The van der Waals surface area contributed by atoms with Crippen LogP contribution in [0.4, 0.5) is 0 Å². The van der Waals surface area contributed by atoms with Gasteiger partial charge in [0, 0.05) is 21.9 Å². The molecule has 2 aromatic rings. The predicted octanol–water partition coefficient (Wildman–Crippen LogP) is 4.01. The minimum atomic E-state index is -0.276. The van der Waals surface area contributed by atoms with Gasteiger partial charge in [0.25, 0.3) is 5.91 Å². The molecule has 2 aromatic heterocycles. The van der Waals surface area contributed by atoms with E-state index in [0.717, 1.165) is 35.0 Å². The summed E-state index contributed by atoms with van der Waals surface area (Å²) in [7, 11) is 0. The molecule has 1 aliphatic carbocycles. The van der Waals surface area contributed by atoms with Crippen LogP contribution in [-0.2, 0) is 11.0 Å². The Hall–Kier alpha value is -1.27. The molecule has 4 nitrogen and oxygen atoms in total. The topological polar surface area (TPSA) is 54.9 Å². The summed E-state index contributed by atoms with van der Waals surface area (Å²) in [5.74, 6) is -0.0840. The van der Waals surface area contributed by atoms with Crippen molar-refractivity contribution in [2.75, 3.05) is 0 Å². The fourth-order valence-electron chi connectivity index (χ4n) is 2.50. The summed E-state index contributed by atoms with van der Waals surface area (Å²) in [6.45, 7) is 8.32. The standard InChI is InChI=1S/C16H21N3OS2/c1-10-8-21-14(17-10)16(6-5-7-16)19-12(20)11-9-22-13(18-11)15(2,3)4/h8-9H,5-7H2,1-4H3,(H,19,20). The molecule has 0 aliphatic heterocycles. The van der Waals surface area contributed by atoms with Crippen LogP contribution in [0.1, 0.15) is 66.2 Å². The third kappa shape index (κ3) is 2.82. The van der Waals surface area contributed by atoms with Crippen molar-refractivity contribution in [3.63, 3.8) is 0 Å². The first-order valence-electron chi connectivity index (χ1n) is 7.51. The van der Waals surface area contributed by atoms with Crippen LogP contribution in [0.2, 0.25) is 0 Å². The van der Waals surface area contributed by atoms with Crippen molar-refractivity contribution < 1.29 is 4.79 Å². The Morgan fingerprint density at radius 3 is 2.41 bits per heavy atom. The number of nitrogens with one attached hydrogen (secondary N) is 1. The average Bonchev–Trinajstić information content (AvgIpc) is 3.01. The van der Waals surface area contributed by atoms with Crippen molar-refractivity contribution in [2.45, 2.75) is 57.9 Å². The van der Waals surface area contributed by atoms with Crippen molar-refractivity contribution in [1.82, 2.24) is 15.3 Å². The van der Waals surface area contributed by atoms with Crippen LogP contribution in [0.3, 0.4) is 0 Å². The van der Waals surface area contributed by atoms with Crippen molar-refractivity contribution in [1.29, 1.82) is 0 Å². The fourth-order valence-corrected chi connectivity index (χ4v) is 4.40. The van der Waals surface area contributed by atoms with Crippen LogP contribution in [0.15, 0.2) is 10.8 Å². The number of amides is 1. The minimum Gasteiger partial charge on any atom is -0.339 e. The highest BCUT2D eigenvalue weighted by Crippen LogP contribution is 2.42. The Morgan fingerprint density at radius 2 is 1.95 bits per heavy atom. The summed E-state index contributed by atoms with van der Waals surface area (Å²) in [4.78, 5) is 21.7. The molecule has 1 fully saturated rings. The number of thiazole rings is 2. The molecule has 6 heteroatoms. The number of rotatable bonds is 3. The van der Waals surface area contributed by atoms with E-state index in [1.54, 1.807) is 22.7 Å². The van der Waals surface area contributed by atoms with Gasteiger partial charge in [-0.15, -0.1) is 22.7 Å². The minimum absolute atomic E-state index is 0.0240. The van der Waals surface area contributed by atoms with E-state index in [9.17, 15) is 4.79 Å². The maximum atomic E-state index is 12.6. The second-order valence-corrected chi connectivity index (χ2v) is 8.69. The SMILES string of the molecule is Cc1csc(C2(NC(=O)c3csc(C(C)(C)C)n3)CCC2)n1. The molecule has 0 saturated heterocycles. The molecule has 0 radical (unpaired) electrons. The zero-order chi connectivity index (χ0) is 16.0. The zero-order valence-corrected chi connectivity index (χ0v) is 15.0. The number of nitrogens with zero attached hydrogens (tertiary/aromatic N) is 2. The number of hydrogen-bond donors (Lipinski definition) is 1. The third-order valence-electron chi connectivity index (χ3n) is 3.97. The van der Waals surface area contributed by atoms with Crippen LogP contribution < -0.4 is 5.32 Å². The summed E-state index contributed by atoms with van der Waals surface area (Å²) >= 11 is 3.19. The molecule has 1 saturated carbocycles. The summed E-state index contributed by atoms with van der Waals surface area (Å²) in [6, 6.07) is 0. The normalized spacial score (nSPS) is 17.1. The molecule has 1 N–H and O–H groups in total. The molecule has 0 spiro atoms. The van der Waals surface area contributed by atoms with E-state index in [0.29, 0.717) is 5.69 Å². The molecule has 0 unspecified atom stereocenters. The first kappa shape index (κ1) is 15.6. The first-order chi connectivity index (χ1) is 10.3. The van der Waals surface area contributed by atoms with E-state index >= 15 is 0 Å². The molecular formula is C16H21N3OS2. The molecule has 0 aromatic carbocycles. The highest BCUT2D eigenvalue weighted by atomic mass is 32.1. The van der Waals surface area contributed by atoms with E-state index in [-0.39, 0.29) is 16.9 Å². The van der Waals surface area contributed by atoms with Crippen molar-refractivity contribution in [2.24, 2.45) is 0 Å². The monoisotopic (exact) mass is 335 g/mol. The maximum Gasteiger partial charge on any atom is 0.271 e. The Balaban J connectivity index is 1.80. The molecule has 1 amide bonds. The molecule has 118 valence electrons. The summed E-state index contributed by atoms with van der Waals surface area (Å²) in [6.07, 6.45) is 3.05. The highest BCUT2D eigenvalue weighted by Gasteiger charge is 2.43. The van der Waals surface area contributed by atoms with Gasteiger partial charge in [-0.25, -0.2) is 9.97 Å². The van der Waals surface area contributed by atoms with Crippen LogP contribution in [0, 0.1) is 6.92 Å². The molecule has 3 rings (SSSR count). The van der Waals surface area contributed by atoms with Crippen LogP contribution in [-0.4, -0.2) is 15.9 Å². The number of aryl methyl sites for hydroxylation is 1. The lowest BCUT2D eigenvalue weighted by molar-refractivity contribution is 0.0818. The smallest absolute Gasteiger partial charge is 0.271 e. The lowest BCUT2D eigenvalue weighted by atomic mass is 9.77. The number of hydrogen-bond acceptors (Lipinski definition) is 5. The number of carbonyl (C=O) groups excluding carboxylic acids is 1. The first-order valence-corrected chi connectivity index (χ1v) is 9.27. The lowest BCUT2D eigenvalue weighted by Gasteiger charge is -2.40. The molecule has 0 bridgehead atoms. The summed E-state index contributed by atoms with van der Waals surface area (Å²) < 4.78 is 0. The summed E-state index contributed by atoms with van der Waals surface area (Å²) in [5.41, 5.74) is 1.24. The average molecular weight is 335 g/mol. The van der Waals surface area contributed by atoms with E-state index < -0.39 is 0 Å². The Kier molecular flexibility index (Phi) is 3.85. The van der Waals surface area contributed by atoms with Gasteiger partial charge in [-0.05, 0) is 26.2 Å². The molecule has 2 heterocycles. The van der Waals surface area contributed by atoms with Gasteiger partial charge in [-0.3, -0.25) is 4.79 Å². The molecule has 1 aliphatic rings. The molecular weight excluding hydrogens is 314 g/mol. The van der Waals surface area contributed by atoms with Gasteiger partial charge >= 0.3 is 0 Å². The zero-order valence-electron chi connectivity index (χ0n) is 13.4. The second-order valence-electron chi connectivity index (χ2n) is 6.97. The van der Waals surface area contributed by atoms with Gasteiger partial charge < -0.3 is 5.32 Å². The Morgan fingerprint density at radius 1 is 1.23 bits per heavy atom. The highest BCUT2D eigenvalue weighted by molar-refractivity contribution is 7.10. The van der Waals surface area contributed by atoms with Gasteiger partial charge in [0.1, 0.15) is 10.7 Å². The van der Waals surface area contributed by atoms with Gasteiger partial charge in [0.2, 0.25) is 0 Å². The van der Waals surface area contributed by atoms with Gasteiger partial charge in [-0.1, -0.05) is 20.8 Å². The van der Waals surface area contributed by atoms with Gasteiger partial charge in [-0.2, -0.15) is 0 Å². The quantitative estimate of drug-likeness (QED) is 0.922. The van der Waals surface area contributed by atoms with E-state index in [1.165, 1.54) is 0 Å². The summed E-state index contributed by atoms with van der Waals surface area (Å²) in [5, 5.41) is 9.11. The van der Waals surface area contributed by atoms with E-state index in [4.69, 9.17) is 0 Å². The number of carbonyl (C=O) groups is 1. The van der Waals surface area contributed by atoms with Gasteiger partial charge in [0.05, 0.1) is 10.5 Å². The van der Waals surface area contributed by atoms with E-state index in [1.807, 2.05) is 17.7 Å². The van der Waals surface area contributed by atoms with Crippen molar-refractivity contribution >= 4 is 28.6 Å². The van der Waals surface area contributed by atoms with Crippen LogP contribution >= 0.6 is 22.7 Å². The lowest BCUT2D eigenvalue weighted by Crippen LogP contribution is -2.50. The van der Waals surface area contributed by atoms with Crippen LogP contribution in [0.5, 0.6) is 0 Å². The van der Waals surface area contributed by atoms with Gasteiger partial charge in [0.15, 0.2) is 0 Å². The predicted molar refractivity (Wildman–Crippen MR) is 90.7 cm³/mol. The van der Waals surface area contributed by atoms with Crippen LogP contribution in [0.25, 0.3) is 0 Å². The maximum absolute atomic E-state index is 12.6. The largest absolute Gasteiger partial charge is 0.339 e. The molecule has 22 heavy (non-hydrogen) atoms. The van der Waals surface area contributed by atoms with Crippen molar-refractivity contribution in [3.8, 4) is 0 Å². The van der Waals surface area contributed by atoms with E-state index in [2.05, 4.69) is 36.1 Å².